The fourth-order valence-electron chi connectivity index (χ4n) is 0.618. The lowest BCUT2D eigenvalue weighted by Gasteiger charge is -2.22. The molecule has 0 aromatic carbocycles. The van der Waals surface area contributed by atoms with Crippen molar-refractivity contribution >= 4 is 6.29 Å². The summed E-state index contributed by atoms with van der Waals surface area (Å²) in [4.78, 5) is 9.90. The van der Waals surface area contributed by atoms with Crippen LogP contribution < -0.4 is 0 Å². The normalized spacial score (nSPS) is 21.1. The van der Waals surface area contributed by atoms with Gasteiger partial charge in [0.2, 0.25) is 0 Å². The molecule has 0 fully saturated rings. The molecule has 0 rings (SSSR count). The van der Waals surface area contributed by atoms with Crippen molar-refractivity contribution in [1.29, 1.82) is 0 Å². The van der Waals surface area contributed by atoms with E-state index in [0.29, 0.717) is 0 Å². The molecule has 0 aromatic heterocycles. The lowest BCUT2D eigenvalue weighted by molar-refractivity contribution is -0.136. The van der Waals surface area contributed by atoms with Crippen LogP contribution in [0.25, 0.3) is 0 Å². The van der Waals surface area contributed by atoms with Crippen molar-refractivity contribution in [3.63, 3.8) is 0 Å². The number of aliphatic hydroxyl groups is 5. The minimum atomic E-state index is -1.79. The molecule has 72 valence electrons. The van der Waals surface area contributed by atoms with E-state index >= 15 is 0 Å². The van der Waals surface area contributed by atoms with E-state index in [1.54, 1.807) is 0 Å². The van der Waals surface area contributed by atoms with Gasteiger partial charge < -0.3 is 30.3 Å². The van der Waals surface area contributed by atoms with Crippen LogP contribution in [0.3, 0.4) is 0 Å². The fraction of sp³-hybridized carbons (Fsp3) is 0.833. The predicted octanol–water partition coefficient (Wildman–Crippen LogP) is -3.38. The van der Waals surface area contributed by atoms with Gasteiger partial charge in [-0.05, 0) is 0 Å². The van der Waals surface area contributed by atoms with Crippen LogP contribution in [0.15, 0.2) is 0 Å². The first-order chi connectivity index (χ1) is 5.54. The first-order valence-corrected chi connectivity index (χ1v) is 3.33. The Morgan fingerprint density at radius 1 is 1.08 bits per heavy atom. The molecule has 0 saturated carbocycles. The molecular weight excluding hydrogens is 169 g/mol. The average molecular weight is 181 g/mol. The number of hydrogen-bond acceptors (Lipinski definition) is 6. The molecule has 0 heterocycles. The van der Waals surface area contributed by atoms with Crippen LogP contribution in [-0.2, 0) is 4.79 Å². The lowest BCUT2D eigenvalue weighted by atomic mass is 10.2. The van der Waals surface area contributed by atoms with Crippen LogP contribution >= 0.6 is 0 Å². The van der Waals surface area contributed by atoms with E-state index in [9.17, 15) is 4.79 Å². The third kappa shape index (κ3) is 2.84. The second-order valence-corrected chi connectivity index (χ2v) is 2.36. The molecule has 0 unspecified atom stereocenters. The molecule has 6 nitrogen and oxygen atoms in total. The van der Waals surface area contributed by atoms with Crippen LogP contribution in [0.1, 0.15) is 0 Å². The van der Waals surface area contributed by atoms with Crippen LogP contribution in [-0.4, -0.2) is 62.8 Å². The summed E-state index contributed by atoms with van der Waals surface area (Å²) >= 11 is 0. The van der Waals surface area contributed by atoms with E-state index in [1.165, 1.54) is 0 Å². The van der Waals surface area contributed by atoms with Crippen molar-refractivity contribution < 1.29 is 30.3 Å². The molecular formula is C6H12O6. The van der Waals surface area contributed by atoms with Gasteiger partial charge in [-0.2, -0.15) is 0 Å². The third-order valence-corrected chi connectivity index (χ3v) is 1.42. The molecule has 0 saturated heterocycles. The summed E-state index contributed by atoms with van der Waals surface area (Å²) in [6, 6.07) is 0. The van der Waals surface area contributed by atoms with Gasteiger partial charge in [-0.15, -0.1) is 0 Å². The van der Waals surface area contributed by atoms with E-state index < -0.39 is 31.0 Å². The maximum absolute atomic E-state index is 9.90. The highest BCUT2D eigenvalue weighted by atomic mass is 16.4. The minimum Gasteiger partial charge on any atom is -0.394 e. The zero-order chi connectivity index (χ0) is 9.72. The van der Waals surface area contributed by atoms with Gasteiger partial charge in [-0.3, -0.25) is 0 Å². The highest BCUT2D eigenvalue weighted by Gasteiger charge is 2.29. The average Bonchev–Trinajstić information content (AvgIpc) is 2.12. The van der Waals surface area contributed by atoms with Gasteiger partial charge >= 0.3 is 0 Å². The summed E-state index contributed by atoms with van der Waals surface area (Å²) in [6.07, 6.45) is -6.84. The highest BCUT2D eigenvalue weighted by Crippen LogP contribution is 2.02. The molecule has 0 bridgehead atoms. The van der Waals surface area contributed by atoms with Gasteiger partial charge in [0.05, 0.1) is 6.61 Å². The van der Waals surface area contributed by atoms with Gasteiger partial charge in [0.25, 0.3) is 0 Å². The number of aliphatic hydroxyl groups excluding tert-OH is 5. The van der Waals surface area contributed by atoms with Gasteiger partial charge in [-0.25, -0.2) is 0 Å². The first kappa shape index (κ1) is 11.5. The summed E-state index contributed by atoms with van der Waals surface area (Å²) < 4.78 is 0. The molecule has 0 radical (unpaired) electrons. The van der Waals surface area contributed by atoms with Crippen molar-refractivity contribution in [3.8, 4) is 0 Å². The Morgan fingerprint density at radius 3 is 1.92 bits per heavy atom. The Morgan fingerprint density at radius 2 is 1.58 bits per heavy atom. The van der Waals surface area contributed by atoms with Gasteiger partial charge in [0, 0.05) is 0 Å². The Kier molecular flexibility index (Phi) is 4.95. The quantitative estimate of drug-likeness (QED) is 0.223. The third-order valence-electron chi connectivity index (χ3n) is 1.42. The lowest BCUT2D eigenvalue weighted by Crippen LogP contribution is -2.46. The molecule has 0 aromatic rings. The SMILES string of the molecule is O=C[C@H](O)[13C@@H](O)[C@H](O)[C@@H](O)CO. The van der Waals surface area contributed by atoms with Crippen molar-refractivity contribution in [2.45, 2.75) is 24.4 Å². The molecule has 0 aliphatic heterocycles. The van der Waals surface area contributed by atoms with Gasteiger partial charge in [-0.1, -0.05) is 0 Å². The molecule has 0 aliphatic rings. The van der Waals surface area contributed by atoms with Crippen LogP contribution in [0.2, 0.25) is 0 Å². The second-order valence-electron chi connectivity index (χ2n) is 2.36. The van der Waals surface area contributed by atoms with E-state index in [4.69, 9.17) is 25.5 Å². The van der Waals surface area contributed by atoms with Crippen molar-refractivity contribution in [2.75, 3.05) is 6.61 Å². The Bertz CT molecular complexity index is 138. The zero-order valence-corrected chi connectivity index (χ0v) is 6.24. The van der Waals surface area contributed by atoms with Crippen molar-refractivity contribution in [3.05, 3.63) is 0 Å². The summed E-state index contributed by atoms with van der Waals surface area (Å²) in [6.45, 7) is -0.760. The summed E-state index contributed by atoms with van der Waals surface area (Å²) in [7, 11) is 0. The topological polar surface area (TPSA) is 118 Å². The molecule has 5 N–H and O–H groups in total. The van der Waals surface area contributed by atoms with E-state index in [2.05, 4.69) is 0 Å². The minimum absolute atomic E-state index is 0.0258. The Labute approximate surface area is 68.7 Å². The van der Waals surface area contributed by atoms with E-state index in [1.807, 2.05) is 0 Å². The van der Waals surface area contributed by atoms with Crippen molar-refractivity contribution in [1.82, 2.24) is 0 Å². The van der Waals surface area contributed by atoms with Crippen LogP contribution in [0.5, 0.6) is 0 Å². The number of hydrogen-bond donors (Lipinski definition) is 5. The zero-order valence-electron chi connectivity index (χ0n) is 6.24. The summed E-state index contributed by atoms with van der Waals surface area (Å²) in [5, 5.41) is 43.5. The predicted molar refractivity (Wildman–Crippen MR) is 37.2 cm³/mol. The van der Waals surface area contributed by atoms with E-state index in [-0.39, 0.29) is 6.29 Å². The molecule has 4 atom stereocenters. The molecule has 12 heavy (non-hydrogen) atoms. The van der Waals surface area contributed by atoms with Gasteiger partial charge in [0.1, 0.15) is 24.4 Å². The standard InChI is InChI=1S/C6H12O6/c7-1-3(9)5(11)6(12)4(10)2-8/h1,3-6,8-12H,2H2/t3-,4-,5+,6+/m0/s1/i5+1. The van der Waals surface area contributed by atoms with Crippen LogP contribution in [0, 0.1) is 0 Å². The van der Waals surface area contributed by atoms with E-state index in [0.717, 1.165) is 0 Å². The van der Waals surface area contributed by atoms with Crippen LogP contribution in [0.4, 0.5) is 0 Å². The first-order valence-electron chi connectivity index (χ1n) is 3.33. The largest absolute Gasteiger partial charge is 0.394 e. The molecule has 0 aliphatic carbocycles. The maximum atomic E-state index is 9.90. The molecule has 6 heteroatoms. The number of carbonyl (C=O) groups excluding carboxylic acids is 1. The van der Waals surface area contributed by atoms with Crippen molar-refractivity contribution in [2.24, 2.45) is 0 Å². The number of rotatable bonds is 5. The Balaban J connectivity index is 4.07. The number of carbonyl (C=O) groups is 1. The smallest absolute Gasteiger partial charge is 0.151 e. The fourth-order valence-corrected chi connectivity index (χ4v) is 0.618. The maximum Gasteiger partial charge on any atom is 0.151 e. The second kappa shape index (κ2) is 5.18. The summed E-state index contributed by atoms with van der Waals surface area (Å²) in [5.74, 6) is 0. The monoisotopic (exact) mass is 181 g/mol. The molecule has 0 amide bonds. The highest BCUT2D eigenvalue weighted by molar-refractivity contribution is 5.56. The summed E-state index contributed by atoms with van der Waals surface area (Å²) in [5.41, 5.74) is 0. The number of aldehydes is 1. The Hall–Kier alpha value is -0.530. The van der Waals surface area contributed by atoms with Gasteiger partial charge in [0.15, 0.2) is 6.29 Å². The molecule has 0 spiro atoms.